The maximum Gasteiger partial charge on any atom is 0.242 e. The van der Waals surface area contributed by atoms with E-state index in [1.54, 1.807) is 25.1 Å². The van der Waals surface area contributed by atoms with Crippen LogP contribution in [-0.2, 0) is 22.6 Å². The summed E-state index contributed by atoms with van der Waals surface area (Å²) in [6.07, 6.45) is 0.957. The van der Waals surface area contributed by atoms with Crippen molar-refractivity contribution in [3.8, 4) is 0 Å². The molecule has 0 saturated carbocycles. The van der Waals surface area contributed by atoms with E-state index in [9.17, 15) is 14.0 Å². The Morgan fingerprint density at radius 2 is 1.71 bits per heavy atom. The van der Waals surface area contributed by atoms with Crippen LogP contribution in [0.5, 0.6) is 0 Å². The molecule has 4 nitrogen and oxygen atoms in total. The van der Waals surface area contributed by atoms with Crippen molar-refractivity contribution >= 4 is 11.8 Å². The molecular formula is C23H29FN2O2. The smallest absolute Gasteiger partial charge is 0.242 e. The van der Waals surface area contributed by atoms with Crippen molar-refractivity contribution in [1.82, 2.24) is 10.2 Å². The topological polar surface area (TPSA) is 49.4 Å². The minimum Gasteiger partial charge on any atom is -0.352 e. The SMILES string of the molecule is CC[C@H](C)NC(=O)[C@H](C)N(Cc1ccccc1F)C(=O)Cc1ccc(C)cc1. The quantitative estimate of drug-likeness (QED) is 0.748. The Labute approximate surface area is 166 Å². The molecule has 0 aliphatic heterocycles. The fraction of sp³-hybridized carbons (Fsp3) is 0.391. The number of benzene rings is 2. The molecule has 0 fully saturated rings. The molecule has 1 N–H and O–H groups in total. The first-order chi connectivity index (χ1) is 13.3. The lowest BCUT2D eigenvalue weighted by Gasteiger charge is -2.30. The van der Waals surface area contributed by atoms with E-state index in [1.165, 1.54) is 11.0 Å². The molecule has 2 aromatic carbocycles. The number of halogens is 1. The Morgan fingerprint density at radius 3 is 2.32 bits per heavy atom. The molecule has 0 heterocycles. The number of aryl methyl sites for hydroxylation is 1. The van der Waals surface area contributed by atoms with E-state index in [-0.39, 0.29) is 36.6 Å². The first-order valence-corrected chi connectivity index (χ1v) is 9.70. The minimum atomic E-state index is -0.702. The van der Waals surface area contributed by atoms with Gasteiger partial charge in [-0.15, -0.1) is 0 Å². The monoisotopic (exact) mass is 384 g/mol. The molecule has 150 valence electrons. The van der Waals surface area contributed by atoms with Crippen LogP contribution in [0.1, 0.15) is 43.9 Å². The summed E-state index contributed by atoms with van der Waals surface area (Å²) in [5.74, 6) is -0.827. The Morgan fingerprint density at radius 1 is 1.07 bits per heavy atom. The zero-order valence-corrected chi connectivity index (χ0v) is 17.0. The highest BCUT2D eigenvalue weighted by Gasteiger charge is 2.27. The summed E-state index contributed by atoms with van der Waals surface area (Å²) in [6.45, 7) is 7.62. The molecule has 0 aliphatic rings. The van der Waals surface area contributed by atoms with Gasteiger partial charge < -0.3 is 10.2 Å². The van der Waals surface area contributed by atoms with Gasteiger partial charge in [0, 0.05) is 18.2 Å². The van der Waals surface area contributed by atoms with Gasteiger partial charge in [0.25, 0.3) is 0 Å². The number of amides is 2. The van der Waals surface area contributed by atoms with Crippen LogP contribution in [0, 0.1) is 12.7 Å². The zero-order valence-electron chi connectivity index (χ0n) is 17.0. The second-order valence-electron chi connectivity index (χ2n) is 7.27. The molecule has 0 saturated heterocycles. The van der Waals surface area contributed by atoms with Crippen molar-refractivity contribution in [2.75, 3.05) is 0 Å². The molecule has 2 atom stereocenters. The van der Waals surface area contributed by atoms with Crippen molar-refractivity contribution in [3.63, 3.8) is 0 Å². The summed E-state index contributed by atoms with van der Waals surface area (Å²) in [5.41, 5.74) is 2.37. The third kappa shape index (κ3) is 5.91. The van der Waals surface area contributed by atoms with Crippen LogP contribution in [0.2, 0.25) is 0 Å². The number of rotatable bonds is 8. The number of carbonyl (C=O) groups excluding carboxylic acids is 2. The van der Waals surface area contributed by atoms with Crippen molar-refractivity contribution in [2.24, 2.45) is 0 Å². The van der Waals surface area contributed by atoms with Crippen LogP contribution in [0.25, 0.3) is 0 Å². The van der Waals surface area contributed by atoms with Crippen molar-refractivity contribution < 1.29 is 14.0 Å². The highest BCUT2D eigenvalue weighted by atomic mass is 19.1. The van der Waals surface area contributed by atoms with Crippen LogP contribution >= 0.6 is 0 Å². The molecule has 0 spiro atoms. The second-order valence-corrected chi connectivity index (χ2v) is 7.27. The molecule has 2 aromatic rings. The third-order valence-electron chi connectivity index (χ3n) is 4.94. The molecule has 0 unspecified atom stereocenters. The van der Waals surface area contributed by atoms with Crippen molar-refractivity contribution in [1.29, 1.82) is 0 Å². The maximum absolute atomic E-state index is 14.2. The normalized spacial score (nSPS) is 12.9. The van der Waals surface area contributed by atoms with Gasteiger partial charge in [0.2, 0.25) is 11.8 Å². The summed E-state index contributed by atoms with van der Waals surface area (Å²) in [7, 11) is 0. The summed E-state index contributed by atoms with van der Waals surface area (Å²) in [4.78, 5) is 27.1. The van der Waals surface area contributed by atoms with Crippen LogP contribution in [-0.4, -0.2) is 28.8 Å². The molecule has 5 heteroatoms. The molecule has 0 aromatic heterocycles. The van der Waals surface area contributed by atoms with Crippen molar-refractivity contribution in [2.45, 2.75) is 59.2 Å². The van der Waals surface area contributed by atoms with E-state index < -0.39 is 6.04 Å². The van der Waals surface area contributed by atoms with E-state index in [0.717, 1.165) is 17.5 Å². The van der Waals surface area contributed by atoms with Crippen molar-refractivity contribution in [3.05, 3.63) is 71.0 Å². The standard InChI is InChI=1S/C23H29FN2O2/c1-5-17(3)25-23(28)18(4)26(15-20-8-6-7-9-21(20)24)22(27)14-19-12-10-16(2)11-13-19/h6-13,17-18H,5,14-15H2,1-4H3,(H,25,28)/t17-,18-/m0/s1. The number of carbonyl (C=O) groups is 2. The highest BCUT2D eigenvalue weighted by Crippen LogP contribution is 2.15. The molecule has 2 amide bonds. The molecule has 0 bridgehead atoms. The van der Waals surface area contributed by atoms with E-state index in [4.69, 9.17) is 0 Å². The van der Waals surface area contributed by atoms with Gasteiger partial charge in [0.15, 0.2) is 0 Å². The number of hydrogen-bond acceptors (Lipinski definition) is 2. The third-order valence-corrected chi connectivity index (χ3v) is 4.94. The summed E-state index contributed by atoms with van der Waals surface area (Å²) >= 11 is 0. The fourth-order valence-electron chi connectivity index (χ4n) is 2.84. The van der Waals surface area contributed by atoms with Gasteiger partial charge >= 0.3 is 0 Å². The first-order valence-electron chi connectivity index (χ1n) is 9.70. The summed E-state index contributed by atoms with van der Waals surface area (Å²) in [5, 5.41) is 2.91. The summed E-state index contributed by atoms with van der Waals surface area (Å²) < 4.78 is 14.2. The Kier molecular flexibility index (Phi) is 7.73. The van der Waals surface area contributed by atoms with Crippen LogP contribution in [0.4, 0.5) is 4.39 Å². The van der Waals surface area contributed by atoms with Gasteiger partial charge in [-0.2, -0.15) is 0 Å². The average Bonchev–Trinajstić information content (AvgIpc) is 2.68. The largest absolute Gasteiger partial charge is 0.352 e. The number of nitrogens with zero attached hydrogens (tertiary/aromatic N) is 1. The Balaban J connectivity index is 2.23. The van der Waals surface area contributed by atoms with Gasteiger partial charge in [0.1, 0.15) is 11.9 Å². The molecule has 2 rings (SSSR count). The zero-order chi connectivity index (χ0) is 20.7. The Bertz CT molecular complexity index is 805. The maximum atomic E-state index is 14.2. The second kappa shape index (κ2) is 10.0. The predicted octanol–water partition coefficient (Wildman–Crippen LogP) is 4.01. The van der Waals surface area contributed by atoms with E-state index in [1.807, 2.05) is 45.0 Å². The van der Waals surface area contributed by atoms with Gasteiger partial charge in [-0.25, -0.2) is 4.39 Å². The predicted molar refractivity (Wildman–Crippen MR) is 109 cm³/mol. The van der Waals surface area contributed by atoms with E-state index in [2.05, 4.69) is 5.32 Å². The van der Waals surface area contributed by atoms with Crippen LogP contribution in [0.3, 0.4) is 0 Å². The van der Waals surface area contributed by atoms with Gasteiger partial charge in [-0.05, 0) is 38.8 Å². The van der Waals surface area contributed by atoms with Gasteiger partial charge in [-0.3, -0.25) is 9.59 Å². The number of hydrogen-bond donors (Lipinski definition) is 1. The number of nitrogens with one attached hydrogen (secondary N) is 1. The first kappa shape index (κ1) is 21.6. The highest BCUT2D eigenvalue weighted by molar-refractivity contribution is 5.88. The van der Waals surface area contributed by atoms with Crippen LogP contribution < -0.4 is 5.32 Å². The lowest BCUT2D eigenvalue weighted by molar-refractivity contribution is -0.140. The summed E-state index contributed by atoms with van der Waals surface area (Å²) in [6, 6.07) is 13.3. The molecular weight excluding hydrogens is 355 g/mol. The van der Waals surface area contributed by atoms with Gasteiger partial charge in [0.05, 0.1) is 6.42 Å². The lowest BCUT2D eigenvalue weighted by atomic mass is 10.1. The lowest BCUT2D eigenvalue weighted by Crippen LogP contribution is -2.50. The van der Waals surface area contributed by atoms with Crippen LogP contribution in [0.15, 0.2) is 48.5 Å². The Hall–Kier alpha value is -2.69. The van der Waals surface area contributed by atoms with E-state index in [0.29, 0.717) is 5.56 Å². The minimum absolute atomic E-state index is 0.0115. The van der Waals surface area contributed by atoms with E-state index >= 15 is 0 Å². The average molecular weight is 384 g/mol. The van der Waals surface area contributed by atoms with Gasteiger partial charge in [-0.1, -0.05) is 55.0 Å². The molecule has 28 heavy (non-hydrogen) atoms. The fourth-order valence-corrected chi connectivity index (χ4v) is 2.84. The molecule has 0 aliphatic carbocycles. The molecule has 0 radical (unpaired) electrons.